The molecule has 8 nitrogen and oxygen atoms in total. The number of fused-ring (bicyclic) bond motifs is 2. The van der Waals surface area contributed by atoms with Crippen LogP contribution in [0.4, 0.5) is 5.82 Å². The van der Waals surface area contributed by atoms with Crippen LogP contribution in [0.15, 0.2) is 12.1 Å². The van der Waals surface area contributed by atoms with Crippen LogP contribution in [0.1, 0.15) is 35.0 Å². The lowest BCUT2D eigenvalue weighted by Crippen LogP contribution is -2.32. The highest BCUT2D eigenvalue weighted by Crippen LogP contribution is 2.38. The van der Waals surface area contributed by atoms with E-state index >= 15 is 0 Å². The van der Waals surface area contributed by atoms with Crippen molar-refractivity contribution < 1.29 is 14.2 Å². The van der Waals surface area contributed by atoms with E-state index in [1.807, 2.05) is 13.1 Å². The van der Waals surface area contributed by atoms with E-state index in [-0.39, 0.29) is 0 Å². The Morgan fingerprint density at radius 2 is 2.07 bits per heavy atom. The maximum Gasteiger partial charge on any atom is 0.165 e. The fourth-order valence-electron chi connectivity index (χ4n) is 4.57. The molecule has 1 fully saturated rings. The molecular formula is C22H29N5O3. The van der Waals surface area contributed by atoms with Crippen molar-refractivity contribution in [1.82, 2.24) is 20.2 Å². The average Bonchev–Trinajstić information content (AvgIpc) is 3.32. The molecule has 0 bridgehead atoms. The molecule has 8 heteroatoms. The minimum atomic E-state index is 0.399. The zero-order valence-corrected chi connectivity index (χ0v) is 17.7. The van der Waals surface area contributed by atoms with Gasteiger partial charge in [-0.15, -0.1) is 0 Å². The van der Waals surface area contributed by atoms with Crippen molar-refractivity contribution in [1.29, 1.82) is 0 Å². The van der Waals surface area contributed by atoms with Crippen molar-refractivity contribution in [2.45, 2.75) is 31.8 Å². The number of ether oxygens (including phenoxy) is 3. The van der Waals surface area contributed by atoms with Gasteiger partial charge in [0, 0.05) is 56.3 Å². The summed E-state index contributed by atoms with van der Waals surface area (Å²) in [5.41, 5.74) is 3.49. The fourth-order valence-corrected chi connectivity index (χ4v) is 4.57. The van der Waals surface area contributed by atoms with Crippen LogP contribution in [-0.4, -0.2) is 61.9 Å². The monoisotopic (exact) mass is 411 g/mol. The van der Waals surface area contributed by atoms with Gasteiger partial charge in [-0.05, 0) is 25.5 Å². The highest BCUT2D eigenvalue weighted by Gasteiger charge is 2.27. The van der Waals surface area contributed by atoms with Crippen molar-refractivity contribution in [2.75, 3.05) is 52.3 Å². The predicted octanol–water partition coefficient (Wildman–Crippen LogP) is 1.93. The second kappa shape index (κ2) is 8.28. The van der Waals surface area contributed by atoms with Gasteiger partial charge in [0.05, 0.1) is 12.8 Å². The molecular weight excluding hydrogens is 382 g/mol. The molecule has 3 aliphatic heterocycles. The van der Waals surface area contributed by atoms with E-state index in [0.29, 0.717) is 19.1 Å². The Labute approximate surface area is 176 Å². The molecule has 1 saturated heterocycles. The summed E-state index contributed by atoms with van der Waals surface area (Å²) in [6, 6.07) is 3.99. The number of benzene rings is 1. The van der Waals surface area contributed by atoms with E-state index in [4.69, 9.17) is 24.2 Å². The molecule has 1 atom stereocenters. The predicted molar refractivity (Wildman–Crippen MR) is 114 cm³/mol. The second-order valence-electron chi connectivity index (χ2n) is 8.06. The van der Waals surface area contributed by atoms with Gasteiger partial charge in [-0.1, -0.05) is 0 Å². The highest BCUT2D eigenvalue weighted by atomic mass is 16.6. The van der Waals surface area contributed by atoms with Gasteiger partial charge in [-0.2, -0.15) is 0 Å². The third kappa shape index (κ3) is 3.65. The number of nitrogens with zero attached hydrogens (tertiary/aromatic N) is 3. The maximum absolute atomic E-state index is 5.78. The number of aromatic nitrogens is 2. The van der Waals surface area contributed by atoms with Crippen molar-refractivity contribution in [3.8, 4) is 17.2 Å². The summed E-state index contributed by atoms with van der Waals surface area (Å²) in [4.78, 5) is 12.3. The Morgan fingerprint density at radius 1 is 1.23 bits per heavy atom. The molecule has 1 aromatic heterocycles. The van der Waals surface area contributed by atoms with E-state index in [1.54, 1.807) is 7.11 Å². The third-order valence-corrected chi connectivity index (χ3v) is 6.16. The molecule has 0 amide bonds. The van der Waals surface area contributed by atoms with Crippen LogP contribution in [0, 0.1) is 0 Å². The molecule has 0 aliphatic carbocycles. The molecule has 2 N–H and O–H groups in total. The van der Waals surface area contributed by atoms with E-state index in [0.717, 1.165) is 85.7 Å². The van der Waals surface area contributed by atoms with Crippen molar-refractivity contribution in [2.24, 2.45) is 0 Å². The molecule has 0 spiro atoms. The summed E-state index contributed by atoms with van der Waals surface area (Å²) in [6.45, 7) is 5.68. The van der Waals surface area contributed by atoms with Crippen LogP contribution < -0.4 is 24.8 Å². The summed E-state index contributed by atoms with van der Waals surface area (Å²) in [7, 11) is 3.65. The summed E-state index contributed by atoms with van der Waals surface area (Å²) >= 11 is 0. The smallest absolute Gasteiger partial charge is 0.165 e. The van der Waals surface area contributed by atoms with Gasteiger partial charge in [0.15, 0.2) is 11.5 Å². The maximum atomic E-state index is 5.78. The largest absolute Gasteiger partial charge is 0.496 e. The molecule has 1 unspecified atom stereocenters. The van der Waals surface area contributed by atoms with Crippen LogP contribution in [0.25, 0.3) is 0 Å². The van der Waals surface area contributed by atoms with Gasteiger partial charge in [0.2, 0.25) is 0 Å². The van der Waals surface area contributed by atoms with Crippen LogP contribution >= 0.6 is 0 Å². The zero-order chi connectivity index (χ0) is 20.5. The Morgan fingerprint density at radius 3 is 2.80 bits per heavy atom. The first-order chi connectivity index (χ1) is 14.7. The summed E-state index contributed by atoms with van der Waals surface area (Å²) in [6.07, 6.45) is 2.03. The van der Waals surface area contributed by atoms with Gasteiger partial charge in [0.1, 0.15) is 30.6 Å². The SMILES string of the molecule is CNc1nc(C2CCNC2)nc2c1CCN(Cc1cc3c(cc1OC)OCCO3)C2. The first-order valence-electron chi connectivity index (χ1n) is 10.7. The zero-order valence-electron chi connectivity index (χ0n) is 17.7. The van der Waals surface area contributed by atoms with Gasteiger partial charge < -0.3 is 24.8 Å². The van der Waals surface area contributed by atoms with Gasteiger partial charge in [0.25, 0.3) is 0 Å². The fraction of sp³-hybridized carbons (Fsp3) is 0.545. The first-order valence-corrected chi connectivity index (χ1v) is 10.7. The van der Waals surface area contributed by atoms with Crippen molar-refractivity contribution in [3.63, 3.8) is 0 Å². The van der Waals surface area contributed by atoms with Gasteiger partial charge in [-0.3, -0.25) is 4.90 Å². The van der Waals surface area contributed by atoms with Crippen LogP contribution in [0.3, 0.4) is 0 Å². The number of hydrogen-bond donors (Lipinski definition) is 2. The minimum Gasteiger partial charge on any atom is -0.496 e. The van der Waals surface area contributed by atoms with E-state index in [1.165, 1.54) is 5.56 Å². The summed E-state index contributed by atoms with van der Waals surface area (Å²) in [5.74, 6) is 4.73. The van der Waals surface area contributed by atoms with Gasteiger partial charge in [-0.25, -0.2) is 9.97 Å². The third-order valence-electron chi connectivity index (χ3n) is 6.16. The molecule has 160 valence electrons. The normalized spacial score (nSPS) is 20.7. The molecule has 0 saturated carbocycles. The second-order valence-corrected chi connectivity index (χ2v) is 8.06. The Balaban J connectivity index is 1.40. The van der Waals surface area contributed by atoms with Crippen LogP contribution in [-0.2, 0) is 19.5 Å². The molecule has 0 radical (unpaired) electrons. The molecule has 30 heavy (non-hydrogen) atoms. The molecule has 4 heterocycles. The summed E-state index contributed by atoms with van der Waals surface area (Å²) in [5, 5.41) is 6.72. The number of nitrogens with one attached hydrogen (secondary N) is 2. The number of hydrogen-bond acceptors (Lipinski definition) is 8. The number of methoxy groups -OCH3 is 1. The van der Waals surface area contributed by atoms with E-state index in [9.17, 15) is 0 Å². The van der Waals surface area contributed by atoms with Crippen LogP contribution in [0.5, 0.6) is 17.2 Å². The minimum absolute atomic E-state index is 0.399. The van der Waals surface area contributed by atoms with Crippen molar-refractivity contribution >= 4 is 5.82 Å². The average molecular weight is 412 g/mol. The van der Waals surface area contributed by atoms with Crippen molar-refractivity contribution in [3.05, 3.63) is 34.8 Å². The Hall–Kier alpha value is -2.58. The first kappa shape index (κ1) is 19.4. The lowest BCUT2D eigenvalue weighted by atomic mass is 10.0. The Bertz CT molecular complexity index is 929. The molecule has 1 aromatic carbocycles. The quantitative estimate of drug-likeness (QED) is 0.773. The topological polar surface area (TPSA) is 80.8 Å². The lowest BCUT2D eigenvalue weighted by Gasteiger charge is -2.30. The standard InChI is InChI=1S/C22H29N5O3/c1-23-22-16-4-6-27(13-17(16)25-21(26-22)14-3-5-24-11-14)12-15-9-19-20(10-18(15)28-2)30-8-7-29-19/h9-10,14,24H,3-8,11-13H2,1-2H3,(H,23,25,26). The van der Waals surface area contributed by atoms with Gasteiger partial charge >= 0.3 is 0 Å². The highest BCUT2D eigenvalue weighted by molar-refractivity contribution is 5.52. The molecule has 5 rings (SSSR count). The number of anilines is 1. The van der Waals surface area contributed by atoms with E-state index < -0.39 is 0 Å². The summed E-state index contributed by atoms with van der Waals surface area (Å²) < 4.78 is 17.1. The lowest BCUT2D eigenvalue weighted by molar-refractivity contribution is 0.169. The van der Waals surface area contributed by atoms with E-state index in [2.05, 4.69) is 21.6 Å². The van der Waals surface area contributed by atoms with Crippen LogP contribution in [0.2, 0.25) is 0 Å². The molecule has 3 aliphatic rings. The number of rotatable bonds is 5. The molecule has 2 aromatic rings. The Kier molecular flexibility index (Phi) is 5.35.